The van der Waals surface area contributed by atoms with Gasteiger partial charge in [0.25, 0.3) is 0 Å². The lowest BCUT2D eigenvalue weighted by Gasteiger charge is -2.06. The van der Waals surface area contributed by atoms with Crippen LogP contribution < -0.4 is 0 Å². The Morgan fingerprint density at radius 3 is 2.77 bits per heavy atom. The quantitative estimate of drug-likeness (QED) is 0.664. The van der Waals surface area contributed by atoms with Crippen molar-refractivity contribution < 1.29 is 0 Å². The molecule has 0 spiro atoms. The van der Waals surface area contributed by atoms with Gasteiger partial charge >= 0.3 is 0 Å². The molecule has 0 unspecified atom stereocenters. The predicted molar refractivity (Wildman–Crippen MR) is 52.6 cm³/mol. The SMILES string of the molecule is CC(C)c1nccc2ncn(C)c12. The molecule has 2 aromatic heterocycles. The Hall–Kier alpha value is -1.38. The summed E-state index contributed by atoms with van der Waals surface area (Å²) in [5.74, 6) is 0.444. The van der Waals surface area contributed by atoms with Crippen LogP contribution >= 0.6 is 0 Å². The summed E-state index contributed by atoms with van der Waals surface area (Å²) in [6.45, 7) is 4.30. The van der Waals surface area contributed by atoms with Crippen LogP contribution in [0.25, 0.3) is 11.0 Å². The van der Waals surface area contributed by atoms with Crippen molar-refractivity contribution in [2.24, 2.45) is 7.05 Å². The molecular formula is C10H13N3. The van der Waals surface area contributed by atoms with Gasteiger partial charge in [-0.15, -0.1) is 0 Å². The standard InChI is InChI=1S/C10H13N3/c1-7(2)9-10-8(4-5-11-9)12-6-13(10)3/h4-7H,1-3H3. The van der Waals surface area contributed by atoms with Crippen molar-refractivity contribution in [2.75, 3.05) is 0 Å². The molecule has 0 aliphatic rings. The highest BCUT2D eigenvalue weighted by atomic mass is 15.0. The molecule has 0 N–H and O–H groups in total. The number of rotatable bonds is 1. The zero-order valence-electron chi connectivity index (χ0n) is 8.15. The van der Waals surface area contributed by atoms with Gasteiger partial charge in [0.1, 0.15) is 0 Å². The second-order valence-corrected chi connectivity index (χ2v) is 3.57. The fourth-order valence-corrected chi connectivity index (χ4v) is 1.55. The highest BCUT2D eigenvalue weighted by molar-refractivity contribution is 5.77. The van der Waals surface area contributed by atoms with Crippen LogP contribution in [-0.2, 0) is 7.05 Å². The monoisotopic (exact) mass is 175 g/mol. The topological polar surface area (TPSA) is 30.7 Å². The zero-order chi connectivity index (χ0) is 9.42. The van der Waals surface area contributed by atoms with Crippen molar-refractivity contribution in [3.63, 3.8) is 0 Å². The molecule has 0 aromatic carbocycles. The molecule has 0 atom stereocenters. The lowest BCUT2D eigenvalue weighted by atomic mass is 10.1. The molecule has 13 heavy (non-hydrogen) atoms. The van der Waals surface area contributed by atoms with Crippen molar-refractivity contribution in [3.8, 4) is 0 Å². The molecule has 3 heteroatoms. The van der Waals surface area contributed by atoms with Gasteiger partial charge in [0.05, 0.1) is 23.1 Å². The van der Waals surface area contributed by atoms with E-state index in [0.717, 1.165) is 16.7 Å². The molecule has 68 valence electrons. The second-order valence-electron chi connectivity index (χ2n) is 3.57. The Balaban J connectivity index is 2.80. The largest absolute Gasteiger partial charge is 0.332 e. The lowest BCUT2D eigenvalue weighted by molar-refractivity contribution is 0.817. The van der Waals surface area contributed by atoms with Crippen LogP contribution in [0.15, 0.2) is 18.6 Å². The molecule has 0 amide bonds. The number of hydrogen-bond donors (Lipinski definition) is 0. The van der Waals surface area contributed by atoms with E-state index in [4.69, 9.17) is 0 Å². The third kappa shape index (κ3) is 1.20. The van der Waals surface area contributed by atoms with Crippen molar-refractivity contribution >= 4 is 11.0 Å². The molecule has 2 aromatic rings. The smallest absolute Gasteiger partial charge is 0.0956 e. The van der Waals surface area contributed by atoms with Crippen LogP contribution in [0.4, 0.5) is 0 Å². The molecule has 0 saturated heterocycles. The summed E-state index contributed by atoms with van der Waals surface area (Å²) in [6.07, 6.45) is 3.66. The van der Waals surface area contributed by atoms with E-state index < -0.39 is 0 Å². The number of aryl methyl sites for hydroxylation is 1. The van der Waals surface area contributed by atoms with Gasteiger partial charge in [-0.3, -0.25) is 4.98 Å². The molecule has 2 rings (SSSR count). The minimum Gasteiger partial charge on any atom is -0.332 e. The van der Waals surface area contributed by atoms with Gasteiger partial charge < -0.3 is 4.57 Å². The maximum Gasteiger partial charge on any atom is 0.0956 e. The molecule has 0 aliphatic heterocycles. The molecule has 0 radical (unpaired) electrons. The first kappa shape index (κ1) is 8.23. The summed E-state index contributed by atoms with van der Waals surface area (Å²) in [6, 6.07) is 1.95. The first-order chi connectivity index (χ1) is 6.20. The van der Waals surface area contributed by atoms with Gasteiger partial charge in [-0.25, -0.2) is 4.98 Å². The summed E-state index contributed by atoms with van der Waals surface area (Å²) < 4.78 is 2.03. The zero-order valence-corrected chi connectivity index (χ0v) is 8.15. The van der Waals surface area contributed by atoms with E-state index in [2.05, 4.69) is 23.8 Å². The molecule has 0 saturated carbocycles. The van der Waals surface area contributed by atoms with Crippen LogP contribution in [0.2, 0.25) is 0 Å². The summed E-state index contributed by atoms with van der Waals surface area (Å²) in [4.78, 5) is 8.66. The van der Waals surface area contributed by atoms with Crippen LogP contribution in [0.1, 0.15) is 25.5 Å². The van der Waals surface area contributed by atoms with E-state index in [-0.39, 0.29) is 0 Å². The minimum absolute atomic E-state index is 0.444. The first-order valence-electron chi connectivity index (χ1n) is 4.46. The van der Waals surface area contributed by atoms with E-state index in [1.165, 1.54) is 0 Å². The molecule has 0 bridgehead atoms. The van der Waals surface area contributed by atoms with E-state index in [0.29, 0.717) is 5.92 Å². The highest BCUT2D eigenvalue weighted by Gasteiger charge is 2.09. The lowest BCUT2D eigenvalue weighted by Crippen LogP contribution is -1.97. The number of hydrogen-bond acceptors (Lipinski definition) is 2. The normalized spacial score (nSPS) is 11.4. The number of imidazole rings is 1. The number of fused-ring (bicyclic) bond motifs is 1. The van der Waals surface area contributed by atoms with Crippen molar-refractivity contribution in [1.29, 1.82) is 0 Å². The Labute approximate surface area is 77.4 Å². The molecule has 0 aliphatic carbocycles. The van der Waals surface area contributed by atoms with E-state index >= 15 is 0 Å². The van der Waals surface area contributed by atoms with Crippen molar-refractivity contribution in [1.82, 2.24) is 14.5 Å². The molecule has 2 heterocycles. The minimum atomic E-state index is 0.444. The molecule has 0 fully saturated rings. The van der Waals surface area contributed by atoms with E-state index in [1.54, 1.807) is 0 Å². The Morgan fingerprint density at radius 2 is 2.08 bits per heavy atom. The Bertz CT molecular complexity index is 429. The summed E-state index contributed by atoms with van der Waals surface area (Å²) in [7, 11) is 2.00. The van der Waals surface area contributed by atoms with E-state index in [9.17, 15) is 0 Å². The average molecular weight is 175 g/mol. The van der Waals surface area contributed by atoms with Gasteiger partial charge in [-0.1, -0.05) is 13.8 Å². The fraction of sp³-hybridized carbons (Fsp3) is 0.400. The number of pyridine rings is 1. The van der Waals surface area contributed by atoms with Crippen molar-refractivity contribution in [2.45, 2.75) is 19.8 Å². The summed E-state index contributed by atoms with van der Waals surface area (Å²) >= 11 is 0. The van der Waals surface area contributed by atoms with Gasteiger partial charge in [-0.05, 0) is 12.0 Å². The maximum atomic E-state index is 4.38. The third-order valence-corrected chi connectivity index (χ3v) is 2.20. The number of nitrogens with zero attached hydrogens (tertiary/aromatic N) is 3. The fourth-order valence-electron chi connectivity index (χ4n) is 1.55. The van der Waals surface area contributed by atoms with Crippen LogP contribution in [0, 0.1) is 0 Å². The van der Waals surface area contributed by atoms with Crippen LogP contribution in [-0.4, -0.2) is 14.5 Å². The summed E-state index contributed by atoms with van der Waals surface area (Å²) in [5.41, 5.74) is 3.30. The van der Waals surface area contributed by atoms with E-state index in [1.807, 2.05) is 30.2 Å². The Morgan fingerprint density at radius 1 is 1.31 bits per heavy atom. The third-order valence-electron chi connectivity index (χ3n) is 2.20. The molecule has 3 nitrogen and oxygen atoms in total. The van der Waals surface area contributed by atoms with Gasteiger partial charge in [0.2, 0.25) is 0 Å². The Kier molecular flexibility index (Phi) is 1.79. The van der Waals surface area contributed by atoms with Crippen LogP contribution in [0.5, 0.6) is 0 Å². The van der Waals surface area contributed by atoms with Gasteiger partial charge in [0, 0.05) is 13.2 Å². The first-order valence-corrected chi connectivity index (χ1v) is 4.46. The highest BCUT2D eigenvalue weighted by Crippen LogP contribution is 2.21. The second kappa shape index (κ2) is 2.83. The van der Waals surface area contributed by atoms with Gasteiger partial charge in [0.15, 0.2) is 0 Å². The van der Waals surface area contributed by atoms with Crippen molar-refractivity contribution in [3.05, 3.63) is 24.3 Å². The van der Waals surface area contributed by atoms with Crippen LogP contribution in [0.3, 0.4) is 0 Å². The predicted octanol–water partition coefficient (Wildman–Crippen LogP) is 2.09. The van der Waals surface area contributed by atoms with Gasteiger partial charge in [-0.2, -0.15) is 0 Å². The number of aromatic nitrogens is 3. The summed E-state index contributed by atoms with van der Waals surface area (Å²) in [5, 5.41) is 0. The maximum absolute atomic E-state index is 4.38. The molecular weight excluding hydrogens is 162 g/mol. The average Bonchev–Trinajstić information content (AvgIpc) is 2.48.